The zero-order valence-corrected chi connectivity index (χ0v) is 15.6. The molecule has 126 valence electrons. The van der Waals surface area contributed by atoms with E-state index in [0.29, 0.717) is 0 Å². The molecule has 2 aromatic rings. The van der Waals surface area contributed by atoms with Gasteiger partial charge in [-0.05, 0) is 0 Å². The van der Waals surface area contributed by atoms with Gasteiger partial charge in [0.05, 0.1) is 0 Å². The summed E-state index contributed by atoms with van der Waals surface area (Å²) in [6.45, 7) is 2.13. The SMILES string of the molecule is CC[C@H]1O[C@H](c2ccccc2)[C@H](C(=O)OC)[C@@H]1[Se]c1ccccc1. The summed E-state index contributed by atoms with van der Waals surface area (Å²) in [5.41, 5.74) is 1.05. The topological polar surface area (TPSA) is 35.5 Å². The van der Waals surface area contributed by atoms with E-state index in [2.05, 4.69) is 31.2 Å². The predicted molar refractivity (Wildman–Crippen MR) is 95.4 cm³/mol. The van der Waals surface area contributed by atoms with E-state index in [4.69, 9.17) is 9.47 Å². The number of esters is 1. The molecule has 0 spiro atoms. The molecular weight excluding hydrogens is 367 g/mol. The van der Waals surface area contributed by atoms with Gasteiger partial charge < -0.3 is 0 Å². The van der Waals surface area contributed by atoms with E-state index < -0.39 is 0 Å². The number of rotatable bonds is 5. The van der Waals surface area contributed by atoms with Gasteiger partial charge in [0.25, 0.3) is 0 Å². The number of carbonyl (C=O) groups is 1. The van der Waals surface area contributed by atoms with Gasteiger partial charge in [0.15, 0.2) is 0 Å². The molecule has 1 saturated heterocycles. The van der Waals surface area contributed by atoms with Crippen LogP contribution >= 0.6 is 0 Å². The van der Waals surface area contributed by atoms with Gasteiger partial charge in [-0.15, -0.1) is 0 Å². The second-order valence-corrected chi connectivity index (χ2v) is 8.48. The van der Waals surface area contributed by atoms with Gasteiger partial charge in [-0.3, -0.25) is 0 Å². The fraction of sp³-hybridized carbons (Fsp3) is 0.350. The van der Waals surface area contributed by atoms with Gasteiger partial charge in [0.1, 0.15) is 0 Å². The summed E-state index contributed by atoms with van der Waals surface area (Å²) in [7, 11) is 1.47. The Morgan fingerprint density at radius 2 is 1.71 bits per heavy atom. The van der Waals surface area contributed by atoms with Crippen molar-refractivity contribution in [3.05, 3.63) is 66.2 Å². The van der Waals surface area contributed by atoms with Crippen molar-refractivity contribution in [2.75, 3.05) is 7.11 Å². The number of hydrogen-bond donors (Lipinski definition) is 0. The molecule has 24 heavy (non-hydrogen) atoms. The van der Waals surface area contributed by atoms with Crippen LogP contribution in [0.2, 0.25) is 4.82 Å². The first-order chi connectivity index (χ1) is 11.7. The summed E-state index contributed by atoms with van der Waals surface area (Å²) >= 11 is 0.157. The molecule has 0 aliphatic carbocycles. The monoisotopic (exact) mass is 390 g/mol. The molecule has 4 heteroatoms. The van der Waals surface area contributed by atoms with Crippen LogP contribution < -0.4 is 4.46 Å². The first-order valence-corrected chi connectivity index (χ1v) is 10.1. The zero-order chi connectivity index (χ0) is 16.9. The molecule has 3 nitrogen and oxygen atoms in total. The van der Waals surface area contributed by atoms with Crippen molar-refractivity contribution in [1.82, 2.24) is 0 Å². The van der Waals surface area contributed by atoms with Crippen molar-refractivity contribution in [3.8, 4) is 0 Å². The minimum absolute atomic E-state index is 0.0829. The van der Waals surface area contributed by atoms with Gasteiger partial charge in [0.2, 0.25) is 0 Å². The summed E-state index contributed by atoms with van der Waals surface area (Å²) in [4.78, 5) is 12.8. The van der Waals surface area contributed by atoms with Gasteiger partial charge in [-0.1, -0.05) is 0 Å². The van der Waals surface area contributed by atoms with Crippen LogP contribution in [0.5, 0.6) is 0 Å². The fourth-order valence-electron chi connectivity index (χ4n) is 3.21. The molecule has 0 saturated carbocycles. The van der Waals surface area contributed by atoms with Gasteiger partial charge in [-0.2, -0.15) is 0 Å². The summed E-state index contributed by atoms with van der Waals surface area (Å²) < 4.78 is 12.8. The van der Waals surface area contributed by atoms with Crippen molar-refractivity contribution in [2.24, 2.45) is 5.92 Å². The molecule has 0 radical (unpaired) electrons. The van der Waals surface area contributed by atoms with E-state index in [0.717, 1.165) is 12.0 Å². The third-order valence-corrected chi connectivity index (χ3v) is 7.35. The van der Waals surface area contributed by atoms with Crippen LogP contribution in [0.3, 0.4) is 0 Å². The maximum atomic E-state index is 12.6. The molecule has 0 amide bonds. The second-order valence-electron chi connectivity index (χ2n) is 5.86. The molecule has 0 aromatic heterocycles. The number of carbonyl (C=O) groups excluding carboxylic acids is 1. The molecule has 0 bridgehead atoms. The summed E-state index contributed by atoms with van der Waals surface area (Å²) in [5, 5.41) is 0. The van der Waals surface area contributed by atoms with Gasteiger partial charge in [0, 0.05) is 0 Å². The van der Waals surface area contributed by atoms with Crippen LogP contribution in [0, 0.1) is 5.92 Å². The second kappa shape index (κ2) is 7.98. The Labute approximate surface area is 149 Å². The number of benzene rings is 2. The fourth-order valence-corrected chi connectivity index (χ4v) is 6.23. The van der Waals surface area contributed by atoms with E-state index in [1.165, 1.54) is 11.6 Å². The van der Waals surface area contributed by atoms with Crippen molar-refractivity contribution < 1.29 is 14.3 Å². The zero-order valence-electron chi connectivity index (χ0n) is 13.9. The summed E-state index contributed by atoms with van der Waals surface area (Å²) in [6, 6.07) is 20.4. The molecule has 1 fully saturated rings. The predicted octanol–water partition coefficient (Wildman–Crippen LogP) is 3.14. The summed E-state index contributed by atoms with van der Waals surface area (Å²) in [5.74, 6) is -0.412. The molecule has 0 N–H and O–H groups in total. The van der Waals surface area contributed by atoms with Crippen LogP contribution in [0.1, 0.15) is 25.0 Å². The van der Waals surface area contributed by atoms with Crippen LogP contribution in [0.15, 0.2) is 60.7 Å². The molecule has 4 atom stereocenters. The van der Waals surface area contributed by atoms with E-state index in [-0.39, 0.29) is 43.9 Å². The van der Waals surface area contributed by atoms with E-state index in [1.54, 1.807) is 0 Å². The Bertz CT molecular complexity index is 659. The van der Waals surface area contributed by atoms with Crippen LogP contribution in [0.4, 0.5) is 0 Å². The number of hydrogen-bond acceptors (Lipinski definition) is 3. The average Bonchev–Trinajstić information content (AvgIpc) is 3.01. The standard InChI is InChI=1S/C20H22O3Se/c1-3-16-19(24-15-12-8-5-9-13-15)17(20(21)22-2)18(23-16)14-10-6-4-7-11-14/h4-13,16-19H,3H2,1-2H3/t16-,17+,18-,19-/m1/s1. The Hall–Kier alpha value is -1.61. The van der Waals surface area contributed by atoms with Crippen LogP contribution in [-0.2, 0) is 14.3 Å². The quantitative estimate of drug-likeness (QED) is 0.582. The van der Waals surface area contributed by atoms with E-state index in [1.807, 2.05) is 36.4 Å². The molecule has 1 aliphatic heterocycles. The molecule has 0 unspecified atom stereocenters. The molecule has 1 heterocycles. The van der Waals surface area contributed by atoms with Gasteiger partial charge in [-0.25, -0.2) is 0 Å². The first-order valence-electron chi connectivity index (χ1n) is 8.24. The van der Waals surface area contributed by atoms with Crippen molar-refractivity contribution in [2.45, 2.75) is 30.4 Å². The molecule has 1 aliphatic rings. The Morgan fingerprint density at radius 3 is 2.29 bits per heavy atom. The molecular formula is C20H22O3Se. The van der Waals surface area contributed by atoms with E-state index >= 15 is 0 Å². The van der Waals surface area contributed by atoms with Crippen molar-refractivity contribution >= 4 is 25.4 Å². The first kappa shape index (κ1) is 17.2. The Kier molecular flexibility index (Phi) is 5.72. The number of methoxy groups -OCH3 is 1. The molecule has 2 aromatic carbocycles. The van der Waals surface area contributed by atoms with Crippen LogP contribution in [-0.4, -0.2) is 34.1 Å². The van der Waals surface area contributed by atoms with Crippen molar-refractivity contribution in [1.29, 1.82) is 0 Å². The third kappa shape index (κ3) is 3.56. The minimum atomic E-state index is -0.248. The average molecular weight is 389 g/mol. The van der Waals surface area contributed by atoms with Crippen molar-refractivity contribution in [3.63, 3.8) is 0 Å². The normalized spacial score (nSPS) is 26.2. The Balaban J connectivity index is 1.93. The molecule has 3 rings (SSSR count). The summed E-state index contributed by atoms with van der Waals surface area (Å²) in [6.07, 6.45) is 0.759. The third-order valence-electron chi connectivity index (χ3n) is 4.39. The van der Waals surface area contributed by atoms with E-state index in [9.17, 15) is 4.79 Å². The van der Waals surface area contributed by atoms with Gasteiger partial charge >= 0.3 is 149 Å². The Morgan fingerprint density at radius 1 is 1.08 bits per heavy atom. The number of ether oxygens (including phenoxy) is 2. The maximum absolute atomic E-state index is 12.6. The van der Waals surface area contributed by atoms with Crippen LogP contribution in [0.25, 0.3) is 0 Å².